The molecule has 16 rings (SSSR count). The number of furan rings is 1. The molecule has 0 saturated carbocycles. The van der Waals surface area contributed by atoms with Gasteiger partial charge in [0.2, 0.25) is 0 Å². The zero-order valence-electron chi connectivity index (χ0n) is 83.8. The summed E-state index contributed by atoms with van der Waals surface area (Å²) >= 11 is 1.84. The third kappa shape index (κ3) is 43.6. The molecule has 0 N–H and O–H groups in total. The van der Waals surface area contributed by atoms with Crippen LogP contribution in [0.1, 0.15) is 258 Å². The molecule has 121 heavy (non-hydrogen) atoms. The first-order valence-corrected chi connectivity index (χ1v) is 45.9. The van der Waals surface area contributed by atoms with E-state index in [0.717, 1.165) is 45.3 Å². The third-order valence-electron chi connectivity index (χ3n) is 17.0. The third-order valence-corrected chi connectivity index (χ3v) is 17.9. The predicted octanol–water partition coefficient (Wildman–Crippen LogP) is 37.6. The van der Waals surface area contributed by atoms with Gasteiger partial charge >= 0.3 is 0 Å². The van der Waals surface area contributed by atoms with Crippen molar-refractivity contribution < 1.29 is 4.42 Å². The summed E-state index contributed by atoms with van der Waals surface area (Å²) in [5.41, 5.74) is 20.9. The summed E-state index contributed by atoms with van der Waals surface area (Å²) < 4.78 is 5.08. The lowest BCUT2D eigenvalue weighted by Crippen LogP contribution is -1.88. The first kappa shape index (κ1) is 117. The minimum Gasteiger partial charge on any atom is -0.467 e. The molecule has 0 unspecified atom stereocenters. The molecule has 16 aromatic rings. The van der Waals surface area contributed by atoms with Crippen LogP contribution in [0.4, 0.5) is 0 Å². The maximum atomic E-state index is 5.08. The van der Waals surface area contributed by atoms with Gasteiger partial charge < -0.3 is 4.42 Å². The van der Waals surface area contributed by atoms with Crippen LogP contribution in [0.15, 0.2) is 253 Å². The topological polar surface area (TPSA) is 64.7 Å². The van der Waals surface area contributed by atoms with Crippen LogP contribution in [-0.4, -0.2) is 19.9 Å². The Morgan fingerprint density at radius 3 is 0.926 bits per heavy atom. The average Bonchev–Trinajstić information content (AvgIpc) is 1.27. The molecule has 6 heteroatoms. The number of hydrogen-bond donors (Lipinski definition) is 0. The monoisotopic (exact) mass is 1650 g/mol. The molecule has 0 amide bonds. The Hall–Kier alpha value is -10.4. The first-order valence-electron chi connectivity index (χ1n) is 45.1. The summed E-state index contributed by atoms with van der Waals surface area (Å²) in [5.74, 6) is 1.97. The lowest BCUT2D eigenvalue weighted by atomic mass is 9.97. The van der Waals surface area contributed by atoms with Crippen molar-refractivity contribution in [1.82, 2.24) is 19.9 Å². The second-order valence-electron chi connectivity index (χ2n) is 26.2. The highest BCUT2D eigenvalue weighted by molar-refractivity contribution is 7.11. The van der Waals surface area contributed by atoms with E-state index in [1.807, 2.05) is 267 Å². The highest BCUT2D eigenvalue weighted by Gasteiger charge is 2.06. The Morgan fingerprint density at radius 1 is 0.207 bits per heavy atom. The van der Waals surface area contributed by atoms with Crippen molar-refractivity contribution >= 4 is 87.0 Å². The van der Waals surface area contributed by atoms with Crippen LogP contribution in [-0.2, 0) is 0 Å². The number of rotatable bonds is 0. The molecule has 5 nitrogen and oxygen atoms in total. The Balaban J connectivity index is -0.000000625. The van der Waals surface area contributed by atoms with Gasteiger partial charge in [0.1, 0.15) is 11.5 Å². The number of nitrogens with zero attached hydrogens (tertiary/aromatic N) is 4. The van der Waals surface area contributed by atoms with E-state index >= 15 is 0 Å². The fourth-order valence-corrected chi connectivity index (χ4v) is 12.4. The van der Waals surface area contributed by atoms with Crippen LogP contribution < -0.4 is 0 Å². The second-order valence-corrected chi connectivity index (χ2v) is 27.7. The van der Waals surface area contributed by atoms with Gasteiger partial charge in [-0.05, 0) is 273 Å². The van der Waals surface area contributed by atoms with Crippen LogP contribution in [0.5, 0.6) is 0 Å². The van der Waals surface area contributed by atoms with E-state index in [4.69, 9.17) is 4.42 Å². The maximum Gasteiger partial charge on any atom is 0.101 e. The second kappa shape index (κ2) is 70.3. The van der Waals surface area contributed by atoms with Crippen LogP contribution >= 0.6 is 11.3 Å². The van der Waals surface area contributed by atoms with E-state index in [0.29, 0.717) is 0 Å². The molecule has 0 fully saturated rings. The Bertz CT molecular complexity index is 5070. The molecule has 0 aliphatic rings. The van der Waals surface area contributed by atoms with Crippen molar-refractivity contribution in [2.75, 3.05) is 0 Å². The smallest absolute Gasteiger partial charge is 0.101 e. The lowest BCUT2D eigenvalue weighted by Gasteiger charge is -2.07. The molecule has 0 bridgehead atoms. The van der Waals surface area contributed by atoms with E-state index in [1.165, 1.54) is 136 Å². The van der Waals surface area contributed by atoms with Crippen LogP contribution in [0, 0.1) is 132 Å². The Kier molecular flexibility index (Phi) is 67.9. The van der Waals surface area contributed by atoms with Crippen molar-refractivity contribution in [3.63, 3.8) is 0 Å². The van der Waals surface area contributed by atoms with Gasteiger partial charge in [-0.15, -0.1) is 11.3 Å². The summed E-state index contributed by atoms with van der Waals surface area (Å²) in [6.45, 7) is 83.4. The number of aryl methyl sites for hydroxylation is 19. The molecule has 0 spiro atoms. The number of fused-ring (bicyclic) bond motifs is 9. The van der Waals surface area contributed by atoms with E-state index in [9.17, 15) is 0 Å². The predicted molar refractivity (Wildman–Crippen MR) is 557 cm³/mol. The molecule has 0 radical (unpaired) electrons. The maximum absolute atomic E-state index is 5.08. The van der Waals surface area contributed by atoms with E-state index in [1.54, 1.807) is 0 Å². The van der Waals surface area contributed by atoms with Gasteiger partial charge in [0.25, 0.3) is 0 Å². The lowest BCUT2D eigenvalue weighted by molar-refractivity contribution is 0.504. The molecular weight excluding hydrogens is 1490 g/mol. The minimum atomic E-state index is 0.984. The van der Waals surface area contributed by atoms with Crippen molar-refractivity contribution in [2.45, 2.75) is 284 Å². The number of pyridine rings is 4. The number of aromatic nitrogens is 4. The molecule has 0 aliphatic heterocycles. The van der Waals surface area contributed by atoms with Gasteiger partial charge in [0, 0.05) is 55.7 Å². The highest BCUT2D eigenvalue weighted by Crippen LogP contribution is 2.30. The summed E-state index contributed by atoms with van der Waals surface area (Å²) in [6.07, 6.45) is 3.71. The van der Waals surface area contributed by atoms with Crippen LogP contribution in [0.2, 0.25) is 0 Å². The SMILES string of the molecule is CC.CC.CC.CC.CC.CC.CC.CC.CC.CC.CC.Cc1ccc(C)c2ncccc12.Cc1ccc(C)nc1.Cc1ccc(C)o1.Cc1ccc(C)s1.Cc1ccc2c(C)ccc(C)c2n1.Cc1ccc2c(ccc3cc(C)ccc32)c1.Cc1ccc2cc(C)c3ccccc3c2c1.Cc1ccc2cc(C)ccc2c1.Cc1cccc(C)n1. The van der Waals surface area contributed by atoms with Gasteiger partial charge in [0.05, 0.1) is 11.0 Å². The molecule has 6 heterocycles. The number of benzene rings is 10. The van der Waals surface area contributed by atoms with E-state index < -0.39 is 0 Å². The Morgan fingerprint density at radius 2 is 0.545 bits per heavy atom. The molecule has 656 valence electrons. The molecule has 6 aromatic heterocycles. The average molecular weight is 1650 g/mol. The van der Waals surface area contributed by atoms with Crippen molar-refractivity contribution in [3.8, 4) is 0 Å². The van der Waals surface area contributed by atoms with E-state index in [2.05, 4.69) is 297 Å². The van der Waals surface area contributed by atoms with Gasteiger partial charge in [-0.25, -0.2) is 0 Å². The Labute approximate surface area is 744 Å². The van der Waals surface area contributed by atoms with Crippen molar-refractivity contribution in [3.05, 3.63) is 354 Å². The fraction of sp³-hybridized carbons (Fsp3) is 0.357. The number of thiophene rings is 1. The zero-order chi connectivity index (χ0) is 93.3. The van der Waals surface area contributed by atoms with Crippen molar-refractivity contribution in [2.24, 2.45) is 0 Å². The van der Waals surface area contributed by atoms with Gasteiger partial charge in [-0.1, -0.05) is 362 Å². The molecule has 10 aromatic carbocycles. The fourth-order valence-electron chi connectivity index (χ4n) is 11.6. The summed E-state index contributed by atoms with van der Waals surface area (Å²) in [7, 11) is 0. The summed E-state index contributed by atoms with van der Waals surface area (Å²) in [5, 5.41) is 16.0. The summed E-state index contributed by atoms with van der Waals surface area (Å²) in [4.78, 5) is 19.9. The molecule has 0 aliphatic carbocycles. The van der Waals surface area contributed by atoms with Crippen molar-refractivity contribution in [1.29, 1.82) is 0 Å². The van der Waals surface area contributed by atoms with Gasteiger partial charge in [0.15, 0.2) is 0 Å². The van der Waals surface area contributed by atoms with Gasteiger partial charge in [-0.3, -0.25) is 19.9 Å². The number of hydrogen-bond acceptors (Lipinski definition) is 6. The standard InChI is InChI=1S/2C16H14.C12H13N.C12H12.C11H11N.2C7H9N.C6H8O.C6H8S.11C2H6/c1-11-3-7-15-13(9-11)5-6-14-10-12(2)4-8-16(14)15;1-11-7-8-13-10-12(2)14-5-3-4-6-15(14)16(13)9-11;1-8-4-5-9(2)12-11(8)7-6-10(3)13-12;1-9-3-5-12-8-10(2)4-6-11(12)7-9;1-8-5-6-9(2)11-10(8)4-3-7-12-11;1-6-3-4-7(2)8-5-6;1-6-4-3-5-7(2)8-6;2*1-5-3-4-6(2)7-5;11*1-2/h2*3-10H,1-2H3;4-7H,1-3H3;3-8H,1-2H3;3-7H,1-2H3;2*3-5H,1-2H3;2*3-4H,1-2H3;11*1-2H3. The quantitative estimate of drug-likeness (QED) is 0.142. The first-order chi connectivity index (χ1) is 58.4. The minimum absolute atomic E-state index is 0.984. The summed E-state index contributed by atoms with van der Waals surface area (Å²) in [6, 6.07) is 83.5. The zero-order valence-corrected chi connectivity index (χ0v) is 84.6. The molecular formula is C115H164N4OS. The molecule has 0 saturated heterocycles. The van der Waals surface area contributed by atoms with Crippen LogP contribution in [0.25, 0.3) is 75.7 Å². The normalized spacial score (nSPS) is 9.03. The molecule has 0 atom stereocenters. The van der Waals surface area contributed by atoms with Crippen LogP contribution in [0.3, 0.4) is 0 Å². The van der Waals surface area contributed by atoms with E-state index in [-0.39, 0.29) is 0 Å². The largest absolute Gasteiger partial charge is 0.467 e. The van der Waals surface area contributed by atoms with Gasteiger partial charge in [-0.2, -0.15) is 0 Å². The highest BCUT2D eigenvalue weighted by atomic mass is 32.1.